The van der Waals surface area contributed by atoms with Crippen LogP contribution >= 0.6 is 0 Å². The number of carbonyl (C=O) groups excluding carboxylic acids is 3. The minimum absolute atomic E-state index is 0.0222. The first kappa shape index (κ1) is 25.3. The highest BCUT2D eigenvalue weighted by atomic mass is 16.6. The van der Waals surface area contributed by atoms with E-state index in [4.69, 9.17) is 14.2 Å². The van der Waals surface area contributed by atoms with Crippen molar-refractivity contribution < 1.29 is 28.6 Å². The van der Waals surface area contributed by atoms with Crippen molar-refractivity contribution in [2.75, 3.05) is 7.11 Å². The molecule has 36 heavy (non-hydrogen) atoms. The highest BCUT2D eigenvalue weighted by Crippen LogP contribution is 2.76. The molecular formula is C30H40O6. The van der Waals surface area contributed by atoms with Gasteiger partial charge in [-0.15, -0.1) is 0 Å². The van der Waals surface area contributed by atoms with Crippen molar-refractivity contribution in [2.45, 2.75) is 91.3 Å². The van der Waals surface area contributed by atoms with Gasteiger partial charge in [0.25, 0.3) is 0 Å². The topological polar surface area (TPSA) is 78.9 Å². The quantitative estimate of drug-likeness (QED) is 0.391. The van der Waals surface area contributed by atoms with E-state index in [1.807, 2.05) is 25.1 Å². The van der Waals surface area contributed by atoms with Crippen LogP contribution in [0, 0.1) is 33.5 Å². The fourth-order valence-corrected chi connectivity index (χ4v) is 9.45. The van der Waals surface area contributed by atoms with Crippen molar-refractivity contribution in [1.29, 1.82) is 0 Å². The second-order valence-electron chi connectivity index (χ2n) is 12.7. The Bertz CT molecular complexity index is 1050. The van der Waals surface area contributed by atoms with Gasteiger partial charge in [0.05, 0.1) is 18.1 Å². The van der Waals surface area contributed by atoms with Crippen molar-refractivity contribution >= 4 is 17.9 Å². The van der Waals surface area contributed by atoms with E-state index in [1.54, 1.807) is 12.1 Å². The summed E-state index contributed by atoms with van der Waals surface area (Å²) in [6.07, 6.45) is 6.63. The summed E-state index contributed by atoms with van der Waals surface area (Å²) in [6.45, 7) is 8.14. The van der Waals surface area contributed by atoms with Crippen LogP contribution in [-0.4, -0.2) is 37.2 Å². The number of hydrogen-bond acceptors (Lipinski definition) is 6. The first-order valence-electron chi connectivity index (χ1n) is 13.5. The molecule has 1 aromatic rings. The number of carbonyl (C=O) groups is 3. The molecule has 0 N–H and O–H groups in total. The van der Waals surface area contributed by atoms with Gasteiger partial charge in [0.1, 0.15) is 12.2 Å². The van der Waals surface area contributed by atoms with Gasteiger partial charge in [-0.1, -0.05) is 38.5 Å². The number of ether oxygens (including phenoxy) is 3. The lowest BCUT2D eigenvalue weighted by atomic mass is 9.37. The van der Waals surface area contributed by atoms with Gasteiger partial charge in [0.15, 0.2) is 0 Å². The van der Waals surface area contributed by atoms with Gasteiger partial charge < -0.3 is 14.2 Å². The lowest BCUT2D eigenvalue weighted by Gasteiger charge is -2.68. The zero-order valence-corrected chi connectivity index (χ0v) is 22.3. The highest BCUT2D eigenvalue weighted by Gasteiger charge is 2.73. The molecule has 1 aromatic carbocycles. The first-order valence-corrected chi connectivity index (χ1v) is 13.5. The van der Waals surface area contributed by atoms with Crippen molar-refractivity contribution in [2.24, 2.45) is 33.5 Å². The molecule has 4 fully saturated rings. The molecule has 0 aromatic heterocycles. The van der Waals surface area contributed by atoms with Crippen LogP contribution in [0.3, 0.4) is 0 Å². The van der Waals surface area contributed by atoms with E-state index >= 15 is 0 Å². The van der Waals surface area contributed by atoms with Crippen LogP contribution < -0.4 is 0 Å². The molecule has 0 unspecified atom stereocenters. The second-order valence-corrected chi connectivity index (χ2v) is 12.7. The molecule has 2 bridgehead atoms. The average Bonchev–Trinajstić information content (AvgIpc) is 3.16. The molecule has 0 aliphatic heterocycles. The van der Waals surface area contributed by atoms with Crippen LogP contribution in [0.2, 0.25) is 0 Å². The second kappa shape index (κ2) is 8.59. The maximum atomic E-state index is 13.4. The Morgan fingerprint density at radius 1 is 0.917 bits per heavy atom. The van der Waals surface area contributed by atoms with Crippen molar-refractivity contribution in [1.82, 2.24) is 0 Å². The van der Waals surface area contributed by atoms with Gasteiger partial charge in [-0.25, -0.2) is 4.79 Å². The van der Waals surface area contributed by atoms with Crippen LogP contribution in [0.15, 0.2) is 30.3 Å². The number of rotatable bonds is 4. The first-order chi connectivity index (χ1) is 17.0. The molecule has 196 valence electrons. The third-order valence-corrected chi connectivity index (χ3v) is 10.9. The fourth-order valence-electron chi connectivity index (χ4n) is 9.45. The summed E-state index contributed by atoms with van der Waals surface area (Å²) in [5.74, 6) is -0.665. The van der Waals surface area contributed by atoms with Gasteiger partial charge in [0, 0.05) is 18.3 Å². The van der Waals surface area contributed by atoms with E-state index in [0.717, 1.165) is 44.9 Å². The van der Waals surface area contributed by atoms with E-state index in [1.165, 1.54) is 14.0 Å². The normalized spacial score (nSPS) is 43.0. The molecule has 5 rings (SSSR count). The molecular weight excluding hydrogens is 456 g/mol. The summed E-state index contributed by atoms with van der Waals surface area (Å²) in [4.78, 5) is 38.7. The molecule has 4 aliphatic rings. The molecule has 0 radical (unpaired) electrons. The van der Waals surface area contributed by atoms with Crippen LogP contribution in [0.5, 0.6) is 0 Å². The largest absolute Gasteiger partial charge is 0.469 e. The average molecular weight is 497 g/mol. The van der Waals surface area contributed by atoms with Crippen LogP contribution in [0.25, 0.3) is 0 Å². The minimum Gasteiger partial charge on any atom is -0.469 e. The Morgan fingerprint density at radius 3 is 2.31 bits per heavy atom. The lowest BCUT2D eigenvalue weighted by Crippen LogP contribution is -2.66. The summed E-state index contributed by atoms with van der Waals surface area (Å²) in [5, 5.41) is 0. The standard InChI is InChI=1S/C30H40O6/c1-19(31)35-23-17-21-16-22(36-25(32)20-10-7-6-8-11-20)24-28(3,26(33)34-5)12-9-13-29(24,4)30(21)15-14-27(23,2)18-30/h6-8,10-11,21-24H,9,12-18H2,1-5H3/t21-,22+,23+,24-,27-,28+,29-,30-/m0/s1. The summed E-state index contributed by atoms with van der Waals surface area (Å²) >= 11 is 0. The number of esters is 3. The molecule has 0 amide bonds. The van der Waals surface area contributed by atoms with Gasteiger partial charge in [-0.3, -0.25) is 9.59 Å². The minimum atomic E-state index is -0.727. The van der Waals surface area contributed by atoms with E-state index < -0.39 is 11.5 Å². The number of hydrogen-bond donors (Lipinski definition) is 0. The van der Waals surface area contributed by atoms with Crippen molar-refractivity contribution in [3.05, 3.63) is 35.9 Å². The molecule has 0 saturated heterocycles. The molecule has 4 aliphatic carbocycles. The lowest BCUT2D eigenvalue weighted by molar-refractivity contribution is -0.236. The zero-order valence-electron chi connectivity index (χ0n) is 22.3. The van der Waals surface area contributed by atoms with E-state index in [0.29, 0.717) is 12.0 Å². The van der Waals surface area contributed by atoms with Crippen LogP contribution in [0.1, 0.15) is 89.4 Å². The number of fused-ring (bicyclic) bond motifs is 2. The smallest absolute Gasteiger partial charge is 0.338 e. The Hall–Kier alpha value is -2.37. The third kappa shape index (κ3) is 3.53. The maximum absolute atomic E-state index is 13.4. The summed E-state index contributed by atoms with van der Waals surface area (Å²) in [7, 11) is 1.46. The van der Waals surface area contributed by atoms with Crippen LogP contribution in [-0.2, 0) is 23.8 Å². The van der Waals surface area contributed by atoms with Gasteiger partial charge >= 0.3 is 17.9 Å². The molecule has 0 heterocycles. The van der Waals surface area contributed by atoms with Crippen molar-refractivity contribution in [3.63, 3.8) is 0 Å². The highest BCUT2D eigenvalue weighted by molar-refractivity contribution is 5.89. The molecule has 6 nitrogen and oxygen atoms in total. The third-order valence-electron chi connectivity index (χ3n) is 10.9. The van der Waals surface area contributed by atoms with Crippen LogP contribution in [0.4, 0.5) is 0 Å². The number of methoxy groups -OCH3 is 1. The zero-order chi connectivity index (χ0) is 25.9. The summed E-state index contributed by atoms with van der Waals surface area (Å²) in [6, 6.07) is 9.08. The predicted octanol–water partition coefficient (Wildman–Crippen LogP) is 5.73. The Morgan fingerprint density at radius 2 is 1.64 bits per heavy atom. The predicted molar refractivity (Wildman–Crippen MR) is 134 cm³/mol. The molecule has 8 atom stereocenters. The summed E-state index contributed by atoms with van der Waals surface area (Å²) < 4.78 is 17.6. The SMILES string of the molecule is COC(=O)[C@]1(C)CCC[C@@]2(C)[C@H]1[C@H](OC(=O)c1ccccc1)C[C@H]1C[C@@H](OC(C)=O)[C@@]3(C)CC[C@]12C3. The molecule has 4 saturated carbocycles. The monoisotopic (exact) mass is 496 g/mol. The molecule has 1 spiro atoms. The van der Waals surface area contributed by atoms with Crippen molar-refractivity contribution in [3.8, 4) is 0 Å². The fraction of sp³-hybridized carbons (Fsp3) is 0.700. The number of benzene rings is 1. The van der Waals surface area contributed by atoms with E-state index in [-0.39, 0.29) is 52.1 Å². The van der Waals surface area contributed by atoms with Gasteiger partial charge in [0.2, 0.25) is 0 Å². The van der Waals surface area contributed by atoms with E-state index in [2.05, 4.69) is 13.8 Å². The van der Waals surface area contributed by atoms with Gasteiger partial charge in [-0.2, -0.15) is 0 Å². The maximum Gasteiger partial charge on any atom is 0.338 e. The van der Waals surface area contributed by atoms with E-state index in [9.17, 15) is 14.4 Å². The van der Waals surface area contributed by atoms with Gasteiger partial charge in [-0.05, 0) is 80.8 Å². The molecule has 6 heteroatoms. The Balaban J connectivity index is 1.58. The summed E-state index contributed by atoms with van der Waals surface area (Å²) in [5.41, 5.74) is -0.450. The Labute approximate surface area is 214 Å². The Kier molecular flexibility index (Phi) is 6.04.